The first-order valence-corrected chi connectivity index (χ1v) is 7.50. The number of amides is 1. The number of hydrogen-bond acceptors (Lipinski definition) is 3. The number of rotatable bonds is 3. The van der Waals surface area contributed by atoms with Gasteiger partial charge in [0.25, 0.3) is 0 Å². The second kappa shape index (κ2) is 6.30. The van der Waals surface area contributed by atoms with Crippen LogP contribution in [0.3, 0.4) is 0 Å². The number of fused-ring (bicyclic) bond motifs is 1. The zero-order valence-corrected chi connectivity index (χ0v) is 12.4. The van der Waals surface area contributed by atoms with Crippen LogP contribution in [0, 0.1) is 0 Å². The van der Waals surface area contributed by atoms with Crippen molar-refractivity contribution in [2.75, 3.05) is 6.54 Å². The van der Waals surface area contributed by atoms with Gasteiger partial charge in [0.2, 0.25) is 5.91 Å². The molecule has 1 amide bonds. The van der Waals surface area contributed by atoms with Crippen molar-refractivity contribution in [2.24, 2.45) is 5.73 Å². The summed E-state index contributed by atoms with van der Waals surface area (Å²) in [7, 11) is 0. The lowest BCUT2D eigenvalue weighted by atomic mass is 10.0. The molecule has 4 heteroatoms. The van der Waals surface area contributed by atoms with Crippen molar-refractivity contribution in [3.05, 3.63) is 70.8 Å². The molecule has 0 saturated carbocycles. The lowest BCUT2D eigenvalue weighted by Crippen LogP contribution is -2.23. The highest BCUT2D eigenvalue weighted by Crippen LogP contribution is 2.27. The molecule has 2 aromatic carbocycles. The Morgan fingerprint density at radius 1 is 1.18 bits per heavy atom. The monoisotopic (exact) mass is 296 g/mol. The summed E-state index contributed by atoms with van der Waals surface area (Å²) < 4.78 is 0. The van der Waals surface area contributed by atoms with Crippen LogP contribution in [-0.2, 0) is 13.1 Å². The van der Waals surface area contributed by atoms with Gasteiger partial charge in [0.15, 0.2) is 0 Å². The molecule has 2 aromatic rings. The zero-order valence-electron chi connectivity index (χ0n) is 12.4. The van der Waals surface area contributed by atoms with Crippen molar-refractivity contribution in [1.82, 2.24) is 4.90 Å². The summed E-state index contributed by atoms with van der Waals surface area (Å²) in [5.74, 6) is -0.404. The molecular formula is C18H20N2O2. The first kappa shape index (κ1) is 14.8. The molecule has 1 heterocycles. The average Bonchev–Trinajstić information content (AvgIpc) is 2.68. The van der Waals surface area contributed by atoms with Gasteiger partial charge in [0, 0.05) is 25.2 Å². The van der Waals surface area contributed by atoms with Crippen molar-refractivity contribution < 1.29 is 9.90 Å². The largest absolute Gasteiger partial charge is 0.388 e. The third-order valence-corrected chi connectivity index (χ3v) is 4.17. The van der Waals surface area contributed by atoms with Crippen molar-refractivity contribution in [3.8, 4) is 0 Å². The quantitative estimate of drug-likeness (QED) is 0.912. The van der Waals surface area contributed by atoms with E-state index in [1.807, 2.05) is 30.3 Å². The maximum absolute atomic E-state index is 11.1. The van der Waals surface area contributed by atoms with Crippen molar-refractivity contribution in [2.45, 2.75) is 25.6 Å². The molecular weight excluding hydrogens is 276 g/mol. The highest BCUT2D eigenvalue weighted by molar-refractivity contribution is 5.92. The Balaban J connectivity index is 1.75. The second-order valence-electron chi connectivity index (χ2n) is 5.78. The van der Waals surface area contributed by atoms with Gasteiger partial charge in [-0.05, 0) is 35.2 Å². The number of benzene rings is 2. The number of carbonyl (C=O) groups excluding carboxylic acids is 1. The summed E-state index contributed by atoms with van der Waals surface area (Å²) in [5.41, 5.74) is 9.14. The fraction of sp³-hybridized carbons (Fsp3) is 0.278. The van der Waals surface area contributed by atoms with Gasteiger partial charge in [-0.25, -0.2) is 0 Å². The Morgan fingerprint density at radius 2 is 1.91 bits per heavy atom. The molecule has 0 saturated heterocycles. The lowest BCUT2D eigenvalue weighted by molar-refractivity contribution is 0.1000. The fourth-order valence-corrected chi connectivity index (χ4v) is 2.95. The van der Waals surface area contributed by atoms with Gasteiger partial charge in [-0.1, -0.05) is 36.4 Å². The van der Waals surface area contributed by atoms with E-state index in [1.165, 1.54) is 5.56 Å². The summed E-state index contributed by atoms with van der Waals surface area (Å²) in [4.78, 5) is 13.4. The van der Waals surface area contributed by atoms with E-state index in [0.717, 1.165) is 37.2 Å². The van der Waals surface area contributed by atoms with E-state index >= 15 is 0 Å². The van der Waals surface area contributed by atoms with Crippen molar-refractivity contribution in [1.29, 1.82) is 0 Å². The van der Waals surface area contributed by atoms with Crippen LogP contribution in [0.1, 0.15) is 39.6 Å². The third kappa shape index (κ3) is 3.18. The number of nitrogens with two attached hydrogens (primary N) is 1. The number of aliphatic hydroxyl groups excluding tert-OH is 1. The summed E-state index contributed by atoms with van der Waals surface area (Å²) in [6.45, 7) is 2.46. The Morgan fingerprint density at radius 3 is 2.64 bits per heavy atom. The maximum atomic E-state index is 11.1. The summed E-state index contributed by atoms with van der Waals surface area (Å²) >= 11 is 0. The van der Waals surface area contributed by atoms with Crippen LogP contribution in [0.25, 0.3) is 0 Å². The molecule has 1 aliphatic heterocycles. The van der Waals surface area contributed by atoms with Gasteiger partial charge >= 0.3 is 0 Å². The molecule has 1 aliphatic rings. The van der Waals surface area contributed by atoms with E-state index in [2.05, 4.69) is 11.0 Å². The van der Waals surface area contributed by atoms with Crippen LogP contribution in [0.15, 0.2) is 48.5 Å². The predicted molar refractivity (Wildman–Crippen MR) is 85.1 cm³/mol. The zero-order chi connectivity index (χ0) is 15.5. The van der Waals surface area contributed by atoms with Crippen LogP contribution in [0.2, 0.25) is 0 Å². The summed E-state index contributed by atoms with van der Waals surface area (Å²) in [6.07, 6.45) is 0.342. The molecule has 0 aliphatic carbocycles. The molecule has 1 atom stereocenters. The molecule has 0 radical (unpaired) electrons. The Bertz CT molecular complexity index is 667. The van der Waals surface area contributed by atoms with Gasteiger partial charge < -0.3 is 10.8 Å². The SMILES string of the molecule is NC(=O)c1ccc(CN2CCC(O)c3ccccc3C2)cc1. The van der Waals surface area contributed by atoms with Gasteiger partial charge in [-0.15, -0.1) is 0 Å². The summed E-state index contributed by atoms with van der Waals surface area (Å²) in [5, 5.41) is 10.2. The molecule has 4 nitrogen and oxygen atoms in total. The van der Waals surface area contributed by atoms with Gasteiger partial charge in [-0.3, -0.25) is 9.69 Å². The van der Waals surface area contributed by atoms with Crippen molar-refractivity contribution >= 4 is 5.91 Å². The Hall–Kier alpha value is -2.17. The lowest BCUT2D eigenvalue weighted by Gasteiger charge is -2.20. The topological polar surface area (TPSA) is 66.6 Å². The van der Waals surface area contributed by atoms with E-state index in [0.29, 0.717) is 5.56 Å². The molecule has 0 fully saturated rings. The van der Waals surface area contributed by atoms with E-state index in [9.17, 15) is 9.90 Å². The van der Waals surface area contributed by atoms with E-state index < -0.39 is 12.0 Å². The van der Waals surface area contributed by atoms with E-state index in [1.54, 1.807) is 12.1 Å². The van der Waals surface area contributed by atoms with E-state index in [-0.39, 0.29) is 0 Å². The van der Waals surface area contributed by atoms with Crippen molar-refractivity contribution in [3.63, 3.8) is 0 Å². The maximum Gasteiger partial charge on any atom is 0.248 e. The Kier molecular flexibility index (Phi) is 4.22. The molecule has 3 N–H and O–H groups in total. The number of primary amides is 1. The van der Waals surface area contributed by atoms with Crippen LogP contribution in [0.5, 0.6) is 0 Å². The minimum Gasteiger partial charge on any atom is -0.388 e. The first-order chi connectivity index (χ1) is 10.6. The van der Waals surface area contributed by atoms with E-state index in [4.69, 9.17) is 5.73 Å². The highest BCUT2D eigenvalue weighted by atomic mass is 16.3. The second-order valence-corrected chi connectivity index (χ2v) is 5.78. The Labute approximate surface area is 130 Å². The highest BCUT2D eigenvalue weighted by Gasteiger charge is 2.20. The van der Waals surface area contributed by atoms with Gasteiger partial charge in [-0.2, -0.15) is 0 Å². The first-order valence-electron chi connectivity index (χ1n) is 7.50. The summed E-state index contributed by atoms with van der Waals surface area (Å²) in [6, 6.07) is 15.5. The average molecular weight is 296 g/mol. The fourth-order valence-electron chi connectivity index (χ4n) is 2.95. The normalized spacial score (nSPS) is 18.5. The molecule has 3 rings (SSSR count). The molecule has 0 bridgehead atoms. The predicted octanol–water partition coefficient (Wildman–Crippen LogP) is 2.22. The minimum absolute atomic E-state index is 0.390. The van der Waals surface area contributed by atoms with Crippen LogP contribution < -0.4 is 5.73 Å². The minimum atomic E-state index is -0.404. The number of nitrogens with zero attached hydrogens (tertiary/aromatic N) is 1. The smallest absolute Gasteiger partial charge is 0.248 e. The molecule has 0 aromatic heterocycles. The van der Waals surface area contributed by atoms with Gasteiger partial charge in [0.1, 0.15) is 0 Å². The number of carbonyl (C=O) groups is 1. The van der Waals surface area contributed by atoms with Crippen LogP contribution in [-0.4, -0.2) is 22.5 Å². The van der Waals surface area contributed by atoms with Crippen LogP contribution >= 0.6 is 0 Å². The molecule has 0 spiro atoms. The van der Waals surface area contributed by atoms with Crippen LogP contribution in [0.4, 0.5) is 0 Å². The third-order valence-electron chi connectivity index (χ3n) is 4.17. The van der Waals surface area contributed by atoms with Gasteiger partial charge in [0.05, 0.1) is 6.10 Å². The number of aliphatic hydroxyl groups is 1. The molecule has 114 valence electrons. The molecule has 1 unspecified atom stereocenters. The molecule has 22 heavy (non-hydrogen) atoms. The number of hydrogen-bond donors (Lipinski definition) is 2. The standard InChI is InChI=1S/C18H20N2O2/c19-18(22)14-7-5-13(6-8-14)11-20-10-9-17(21)16-4-2-1-3-15(16)12-20/h1-8,17,21H,9-12H2,(H2,19,22).